The Labute approximate surface area is 197 Å². The number of rotatable bonds is 4. The van der Waals surface area contributed by atoms with Crippen LogP contribution in [0.5, 0.6) is 0 Å². The van der Waals surface area contributed by atoms with Crippen LogP contribution in [0, 0.1) is 36.5 Å². The summed E-state index contributed by atoms with van der Waals surface area (Å²) in [5.74, 6) is 0.151. The van der Waals surface area contributed by atoms with Crippen molar-refractivity contribution in [2.75, 3.05) is 44.8 Å². The number of likely N-dealkylation sites (tertiary alicyclic amines) is 1. The Kier molecular flexibility index (Phi) is 6.34. The number of ether oxygens (including phenoxy) is 1. The van der Waals surface area contributed by atoms with Crippen LogP contribution in [0.3, 0.4) is 0 Å². The molecule has 0 saturated carbocycles. The molecule has 2 aliphatic heterocycles. The third-order valence-electron chi connectivity index (χ3n) is 7.05. The van der Waals surface area contributed by atoms with Gasteiger partial charge in [0.1, 0.15) is 0 Å². The number of nitriles is 1. The van der Waals surface area contributed by atoms with Gasteiger partial charge < -0.3 is 14.5 Å². The number of nitrogens with zero attached hydrogens (tertiary/aromatic N) is 3. The first kappa shape index (κ1) is 24.1. The second-order valence-electron chi connectivity index (χ2n) is 9.60. The number of alkyl halides is 3. The van der Waals surface area contributed by atoms with Crippen LogP contribution in [0.25, 0.3) is 0 Å². The fourth-order valence-corrected chi connectivity index (χ4v) is 5.59. The number of methoxy groups -OCH3 is 1. The Morgan fingerprint density at radius 1 is 1.18 bits per heavy atom. The van der Waals surface area contributed by atoms with E-state index in [2.05, 4.69) is 0 Å². The molecule has 2 atom stereocenters. The summed E-state index contributed by atoms with van der Waals surface area (Å²) < 4.78 is 46.1. The monoisotopic (exact) mass is 471 g/mol. The molecule has 2 aliphatic rings. The predicted octanol–water partition coefficient (Wildman–Crippen LogP) is 4.81. The summed E-state index contributed by atoms with van der Waals surface area (Å²) in [7, 11) is 1.61. The largest absolute Gasteiger partial charge is 0.417 e. The normalized spacial score (nSPS) is 22.4. The first-order valence-electron chi connectivity index (χ1n) is 11.3. The van der Waals surface area contributed by atoms with Crippen molar-refractivity contribution < 1.29 is 22.7 Å². The molecule has 2 aromatic carbocycles. The molecule has 0 aromatic heterocycles. The highest BCUT2D eigenvalue weighted by Crippen LogP contribution is 2.45. The van der Waals surface area contributed by atoms with Crippen molar-refractivity contribution >= 4 is 11.6 Å². The molecule has 2 saturated heterocycles. The number of halogens is 3. The maximum Gasteiger partial charge on any atom is 0.417 e. The molecule has 1 amide bonds. The zero-order chi connectivity index (χ0) is 24.7. The molecule has 2 unspecified atom stereocenters. The molecular weight excluding hydrogens is 443 g/mol. The zero-order valence-corrected chi connectivity index (χ0v) is 19.6. The molecule has 5 nitrogen and oxygen atoms in total. The molecule has 0 bridgehead atoms. The zero-order valence-electron chi connectivity index (χ0n) is 19.6. The molecule has 2 heterocycles. The molecule has 0 spiro atoms. The van der Waals surface area contributed by atoms with Gasteiger partial charge in [-0.05, 0) is 56.5 Å². The van der Waals surface area contributed by atoms with Gasteiger partial charge in [0, 0.05) is 50.0 Å². The van der Waals surface area contributed by atoms with Crippen LogP contribution >= 0.6 is 0 Å². The SMILES string of the molecule is COCC12CN(C(=O)c3cc(C)cc(C)c3)CCC1CN(c1ccc(C#N)c(C(F)(F)F)c1)C2. The lowest BCUT2D eigenvalue weighted by Gasteiger charge is -2.43. The van der Waals surface area contributed by atoms with E-state index in [-0.39, 0.29) is 22.8 Å². The van der Waals surface area contributed by atoms with E-state index in [1.165, 1.54) is 6.07 Å². The molecule has 0 radical (unpaired) electrons. The molecule has 34 heavy (non-hydrogen) atoms. The second-order valence-corrected chi connectivity index (χ2v) is 9.60. The smallest absolute Gasteiger partial charge is 0.384 e. The predicted molar refractivity (Wildman–Crippen MR) is 123 cm³/mol. The Bertz CT molecular complexity index is 1120. The standard InChI is InChI=1S/C26H28F3N3O2/c1-17-8-18(2)10-20(9-17)24(33)31-7-6-21-13-32(15-25(21,14-31)16-34-3)22-5-4-19(12-30)23(11-22)26(27,28)29/h4-5,8-11,21H,6-7,13-16H2,1-3H3. The minimum absolute atomic E-state index is 0.0306. The highest BCUT2D eigenvalue weighted by atomic mass is 19.4. The van der Waals surface area contributed by atoms with Crippen LogP contribution in [0.4, 0.5) is 18.9 Å². The van der Waals surface area contributed by atoms with Crippen LogP contribution in [-0.4, -0.2) is 50.7 Å². The topological polar surface area (TPSA) is 56.6 Å². The maximum atomic E-state index is 13.5. The minimum Gasteiger partial charge on any atom is -0.384 e. The van der Waals surface area contributed by atoms with Gasteiger partial charge in [0.05, 0.1) is 23.8 Å². The molecule has 0 N–H and O–H groups in total. The maximum absolute atomic E-state index is 13.5. The van der Waals surface area contributed by atoms with Crippen molar-refractivity contribution in [2.24, 2.45) is 11.3 Å². The quantitative estimate of drug-likeness (QED) is 0.642. The number of benzene rings is 2. The average molecular weight is 472 g/mol. The van der Waals surface area contributed by atoms with E-state index in [1.807, 2.05) is 41.8 Å². The van der Waals surface area contributed by atoms with Gasteiger partial charge in [0.15, 0.2) is 0 Å². The lowest BCUT2D eigenvalue weighted by atomic mass is 9.73. The lowest BCUT2D eigenvalue weighted by Crippen LogP contribution is -2.53. The second kappa shape index (κ2) is 8.95. The van der Waals surface area contributed by atoms with Gasteiger partial charge in [-0.25, -0.2) is 0 Å². The van der Waals surface area contributed by atoms with E-state index < -0.39 is 11.7 Å². The van der Waals surface area contributed by atoms with Gasteiger partial charge in [0.25, 0.3) is 5.91 Å². The van der Waals surface area contributed by atoms with Crippen molar-refractivity contribution in [3.8, 4) is 6.07 Å². The van der Waals surface area contributed by atoms with Crippen molar-refractivity contribution in [1.29, 1.82) is 5.26 Å². The molecule has 2 aromatic rings. The summed E-state index contributed by atoms with van der Waals surface area (Å²) in [6.07, 6.45) is -3.86. The Hall–Kier alpha value is -3.05. The van der Waals surface area contributed by atoms with Crippen molar-refractivity contribution in [3.63, 3.8) is 0 Å². The van der Waals surface area contributed by atoms with Crippen LogP contribution in [-0.2, 0) is 10.9 Å². The summed E-state index contributed by atoms with van der Waals surface area (Å²) in [6.45, 7) is 6.47. The van der Waals surface area contributed by atoms with Crippen LogP contribution in [0.2, 0.25) is 0 Å². The summed E-state index contributed by atoms with van der Waals surface area (Å²) in [4.78, 5) is 17.1. The Balaban J connectivity index is 1.61. The summed E-state index contributed by atoms with van der Waals surface area (Å²) in [5.41, 5.74) is 1.45. The third kappa shape index (κ3) is 4.49. The number of hydrogen-bond donors (Lipinski definition) is 0. The summed E-state index contributed by atoms with van der Waals surface area (Å²) in [6, 6.07) is 11.3. The van der Waals surface area contributed by atoms with Crippen molar-refractivity contribution in [3.05, 3.63) is 64.2 Å². The summed E-state index contributed by atoms with van der Waals surface area (Å²) >= 11 is 0. The van der Waals surface area contributed by atoms with Crippen LogP contribution in [0.1, 0.15) is 39.0 Å². The number of amides is 1. The molecule has 2 fully saturated rings. The molecule has 0 aliphatic carbocycles. The highest BCUT2D eigenvalue weighted by molar-refractivity contribution is 5.94. The number of hydrogen-bond acceptors (Lipinski definition) is 4. The van der Waals surface area contributed by atoms with E-state index in [1.54, 1.807) is 19.2 Å². The van der Waals surface area contributed by atoms with E-state index in [0.717, 1.165) is 23.6 Å². The molecule has 180 valence electrons. The first-order chi connectivity index (χ1) is 16.1. The Morgan fingerprint density at radius 2 is 1.88 bits per heavy atom. The summed E-state index contributed by atoms with van der Waals surface area (Å²) in [5, 5.41) is 9.11. The number of aryl methyl sites for hydroxylation is 2. The fraction of sp³-hybridized carbons (Fsp3) is 0.462. The number of anilines is 1. The van der Waals surface area contributed by atoms with E-state index in [4.69, 9.17) is 10.00 Å². The van der Waals surface area contributed by atoms with Gasteiger partial charge in [-0.15, -0.1) is 0 Å². The van der Waals surface area contributed by atoms with Gasteiger partial charge in [-0.2, -0.15) is 18.4 Å². The highest BCUT2D eigenvalue weighted by Gasteiger charge is 2.51. The van der Waals surface area contributed by atoms with Crippen molar-refractivity contribution in [2.45, 2.75) is 26.4 Å². The number of piperidine rings is 1. The van der Waals surface area contributed by atoms with Gasteiger partial charge in [-0.1, -0.05) is 17.2 Å². The number of fused-ring (bicyclic) bond motifs is 1. The Morgan fingerprint density at radius 3 is 2.50 bits per heavy atom. The minimum atomic E-state index is -4.60. The fourth-order valence-electron chi connectivity index (χ4n) is 5.59. The number of carbonyl (C=O) groups excluding carboxylic acids is 1. The van der Waals surface area contributed by atoms with Crippen LogP contribution < -0.4 is 4.90 Å². The first-order valence-corrected chi connectivity index (χ1v) is 11.3. The van der Waals surface area contributed by atoms with Gasteiger partial charge in [0.2, 0.25) is 0 Å². The van der Waals surface area contributed by atoms with E-state index in [0.29, 0.717) is 44.0 Å². The van der Waals surface area contributed by atoms with Crippen LogP contribution in [0.15, 0.2) is 36.4 Å². The molecular formula is C26H28F3N3O2. The van der Waals surface area contributed by atoms with Gasteiger partial charge >= 0.3 is 6.18 Å². The average Bonchev–Trinajstić information content (AvgIpc) is 3.15. The third-order valence-corrected chi connectivity index (χ3v) is 7.05. The van der Waals surface area contributed by atoms with Crippen molar-refractivity contribution in [1.82, 2.24) is 4.90 Å². The molecule has 4 rings (SSSR count). The van der Waals surface area contributed by atoms with E-state index >= 15 is 0 Å². The number of carbonyl (C=O) groups is 1. The molecule has 8 heteroatoms. The van der Waals surface area contributed by atoms with E-state index in [9.17, 15) is 18.0 Å². The van der Waals surface area contributed by atoms with Gasteiger partial charge in [-0.3, -0.25) is 4.79 Å². The lowest BCUT2D eigenvalue weighted by molar-refractivity contribution is -0.137.